The van der Waals surface area contributed by atoms with Gasteiger partial charge in [-0.15, -0.1) is 5.06 Å². The molecule has 0 aliphatic carbocycles. The highest BCUT2D eigenvalue weighted by Crippen LogP contribution is 2.19. The molecular weight excluding hydrogens is 574 g/mol. The molecule has 0 radical (unpaired) electrons. The second-order valence-electron chi connectivity index (χ2n) is 10.8. The van der Waals surface area contributed by atoms with Crippen LogP contribution in [0.5, 0.6) is 0 Å². The Hall–Kier alpha value is -3.71. The van der Waals surface area contributed by atoms with E-state index in [-0.39, 0.29) is 57.2 Å². The van der Waals surface area contributed by atoms with Crippen LogP contribution < -0.4 is 5.32 Å². The molecule has 43 heavy (non-hydrogen) atoms. The summed E-state index contributed by atoms with van der Waals surface area (Å²) >= 11 is 1.67. The monoisotopic (exact) mass is 615 g/mol. The van der Waals surface area contributed by atoms with E-state index in [1.807, 2.05) is 37.3 Å². The fraction of sp³-hybridized carbons (Fsp3) is 0.533. The largest absolute Gasteiger partial charge is 0.527 e. The Kier molecular flexibility index (Phi) is 12.7. The summed E-state index contributed by atoms with van der Waals surface area (Å²) in [5.74, 6) is 0.513. The van der Waals surface area contributed by atoms with E-state index < -0.39 is 29.7 Å². The zero-order chi connectivity index (χ0) is 31.4. The summed E-state index contributed by atoms with van der Waals surface area (Å²) in [7, 11) is 0. The van der Waals surface area contributed by atoms with Crippen LogP contribution in [0, 0.1) is 0 Å². The minimum absolute atomic E-state index is 0.0359. The molecule has 13 heteroatoms. The quantitative estimate of drug-likeness (QED) is 0.348. The molecule has 3 rings (SSSR count). The number of hydrogen-bond donors (Lipinski definition) is 1. The number of nitrogens with one attached hydrogen (secondary N) is 1. The molecule has 2 aromatic rings. The lowest BCUT2D eigenvalue weighted by Crippen LogP contribution is -2.55. The van der Waals surface area contributed by atoms with E-state index in [1.54, 1.807) is 50.4 Å². The van der Waals surface area contributed by atoms with E-state index in [4.69, 9.17) is 14.3 Å². The maximum absolute atomic E-state index is 13.7. The first-order valence-corrected chi connectivity index (χ1v) is 15.6. The van der Waals surface area contributed by atoms with Crippen molar-refractivity contribution in [2.75, 3.05) is 38.5 Å². The molecule has 12 nitrogen and oxygen atoms in total. The van der Waals surface area contributed by atoms with Crippen molar-refractivity contribution in [3.05, 3.63) is 47.8 Å². The van der Waals surface area contributed by atoms with E-state index >= 15 is 0 Å². The number of amides is 2. The number of aromatic nitrogens is 2. The summed E-state index contributed by atoms with van der Waals surface area (Å²) in [5, 5.41) is 4.25. The number of carbonyl (C=O) groups is 4. The summed E-state index contributed by atoms with van der Waals surface area (Å²) in [6.07, 6.45) is -0.841. The summed E-state index contributed by atoms with van der Waals surface area (Å²) in [6.45, 7) is 10.2. The van der Waals surface area contributed by atoms with Crippen LogP contribution >= 0.6 is 11.8 Å². The first-order valence-electron chi connectivity index (χ1n) is 14.4. The molecule has 1 aromatic carbocycles. The SMILES string of the molecule is CCOC(=O)ON1CCN(C(=O)[C@H](CCC(=O)OC(C)(C)C)NC(=O)c2cc(CSCC)nc(-c3ccccc3)n2)CC1. The van der Waals surface area contributed by atoms with Gasteiger partial charge in [-0.3, -0.25) is 14.4 Å². The van der Waals surface area contributed by atoms with Gasteiger partial charge in [-0.05, 0) is 45.9 Å². The highest BCUT2D eigenvalue weighted by atomic mass is 32.2. The molecule has 1 N–H and O–H groups in total. The van der Waals surface area contributed by atoms with E-state index in [9.17, 15) is 19.2 Å². The van der Waals surface area contributed by atoms with E-state index in [1.165, 1.54) is 5.06 Å². The van der Waals surface area contributed by atoms with Gasteiger partial charge in [-0.25, -0.2) is 14.8 Å². The van der Waals surface area contributed by atoms with E-state index in [2.05, 4.69) is 15.3 Å². The number of nitrogens with zero attached hydrogens (tertiary/aromatic N) is 4. The van der Waals surface area contributed by atoms with Crippen LogP contribution in [0.15, 0.2) is 36.4 Å². The van der Waals surface area contributed by atoms with Gasteiger partial charge in [0.05, 0.1) is 25.4 Å². The zero-order valence-corrected chi connectivity index (χ0v) is 26.3. The molecule has 1 saturated heterocycles. The Morgan fingerprint density at radius 3 is 2.35 bits per heavy atom. The van der Waals surface area contributed by atoms with Crippen molar-refractivity contribution in [3.63, 3.8) is 0 Å². The van der Waals surface area contributed by atoms with Crippen molar-refractivity contribution in [3.8, 4) is 11.4 Å². The third-order valence-corrected chi connectivity index (χ3v) is 7.08. The maximum Gasteiger partial charge on any atom is 0.527 e. The number of benzene rings is 1. The molecule has 0 unspecified atom stereocenters. The highest BCUT2D eigenvalue weighted by Gasteiger charge is 2.31. The first kappa shape index (κ1) is 33.8. The smallest absolute Gasteiger partial charge is 0.460 e. The number of hydrogen-bond acceptors (Lipinski definition) is 11. The molecule has 0 bridgehead atoms. The van der Waals surface area contributed by atoms with Crippen LogP contribution in [0.3, 0.4) is 0 Å². The lowest BCUT2D eigenvalue weighted by atomic mass is 10.1. The van der Waals surface area contributed by atoms with Gasteiger partial charge in [0.25, 0.3) is 5.91 Å². The van der Waals surface area contributed by atoms with Crippen LogP contribution in [-0.2, 0) is 29.7 Å². The van der Waals surface area contributed by atoms with Gasteiger partial charge in [0.2, 0.25) is 5.91 Å². The van der Waals surface area contributed by atoms with Gasteiger partial charge in [-0.1, -0.05) is 37.3 Å². The number of esters is 1. The van der Waals surface area contributed by atoms with Gasteiger partial charge < -0.3 is 24.5 Å². The summed E-state index contributed by atoms with van der Waals surface area (Å²) in [6, 6.07) is 9.98. The van der Waals surface area contributed by atoms with Crippen molar-refractivity contribution in [2.24, 2.45) is 0 Å². The number of carbonyl (C=O) groups excluding carboxylic acids is 4. The van der Waals surface area contributed by atoms with Crippen LogP contribution in [0.25, 0.3) is 11.4 Å². The van der Waals surface area contributed by atoms with Crippen molar-refractivity contribution in [1.29, 1.82) is 0 Å². The normalized spacial score (nSPS) is 14.5. The topological polar surface area (TPSA) is 140 Å². The molecule has 2 heterocycles. The molecule has 1 aromatic heterocycles. The first-order chi connectivity index (χ1) is 20.5. The molecule has 1 aliphatic heterocycles. The van der Waals surface area contributed by atoms with Crippen LogP contribution in [0.1, 0.15) is 63.6 Å². The average Bonchev–Trinajstić information content (AvgIpc) is 2.97. The van der Waals surface area contributed by atoms with Gasteiger partial charge in [-0.2, -0.15) is 11.8 Å². The fourth-order valence-electron chi connectivity index (χ4n) is 4.22. The minimum atomic E-state index is -1.01. The zero-order valence-electron chi connectivity index (χ0n) is 25.5. The predicted octanol–water partition coefficient (Wildman–Crippen LogP) is 3.85. The van der Waals surface area contributed by atoms with Gasteiger partial charge >= 0.3 is 12.1 Å². The van der Waals surface area contributed by atoms with Gasteiger partial charge in [0, 0.05) is 30.8 Å². The lowest BCUT2D eigenvalue weighted by molar-refractivity contribution is -0.158. The Balaban J connectivity index is 1.79. The second kappa shape index (κ2) is 16.2. The molecular formula is C30H41N5O7S. The Morgan fingerprint density at radius 1 is 1.02 bits per heavy atom. The number of piperazine rings is 1. The standard InChI is InChI=1S/C30H41N5O7S/c1-6-40-29(39)42-35-17-15-34(16-18-35)28(38)23(13-14-25(36)41-30(3,4)5)33-27(37)24-19-22(20-43-7-2)31-26(32-24)21-11-9-8-10-12-21/h8-12,19,23H,6-7,13-18,20H2,1-5H3,(H,33,37)/t23-/m0/s1. The Labute approximate surface area is 256 Å². The highest BCUT2D eigenvalue weighted by molar-refractivity contribution is 7.98. The number of hydroxylamine groups is 2. The summed E-state index contributed by atoms with van der Waals surface area (Å²) < 4.78 is 10.2. The third kappa shape index (κ3) is 11.1. The number of thioether (sulfide) groups is 1. The van der Waals surface area contributed by atoms with Crippen molar-refractivity contribution in [1.82, 2.24) is 25.2 Å². The maximum atomic E-state index is 13.7. The van der Waals surface area contributed by atoms with Crippen molar-refractivity contribution >= 4 is 35.7 Å². The molecule has 2 amide bonds. The summed E-state index contributed by atoms with van der Waals surface area (Å²) in [5.41, 5.74) is 0.903. The van der Waals surface area contributed by atoms with Crippen LogP contribution in [-0.4, -0.2) is 94.1 Å². The van der Waals surface area contributed by atoms with Gasteiger partial charge in [0.1, 0.15) is 17.3 Å². The van der Waals surface area contributed by atoms with Crippen LogP contribution in [0.4, 0.5) is 4.79 Å². The number of rotatable bonds is 12. The van der Waals surface area contributed by atoms with E-state index in [0.29, 0.717) is 17.3 Å². The second-order valence-corrected chi connectivity index (χ2v) is 12.0. The fourth-order valence-corrected chi connectivity index (χ4v) is 4.79. The van der Waals surface area contributed by atoms with Crippen molar-refractivity contribution in [2.45, 2.75) is 64.9 Å². The molecule has 1 fully saturated rings. The average molecular weight is 616 g/mol. The molecule has 1 atom stereocenters. The van der Waals surface area contributed by atoms with Gasteiger partial charge in [0.15, 0.2) is 5.82 Å². The molecule has 0 spiro atoms. The summed E-state index contributed by atoms with van der Waals surface area (Å²) in [4.78, 5) is 67.3. The predicted molar refractivity (Wildman–Crippen MR) is 162 cm³/mol. The number of ether oxygens (including phenoxy) is 2. The lowest BCUT2D eigenvalue weighted by Gasteiger charge is -2.35. The Bertz CT molecular complexity index is 1250. The molecule has 1 aliphatic rings. The van der Waals surface area contributed by atoms with E-state index in [0.717, 1.165) is 11.3 Å². The Morgan fingerprint density at radius 2 is 1.72 bits per heavy atom. The molecule has 0 saturated carbocycles. The molecule has 234 valence electrons. The van der Waals surface area contributed by atoms with Crippen LogP contribution in [0.2, 0.25) is 0 Å². The van der Waals surface area contributed by atoms with Crippen molar-refractivity contribution < 1.29 is 33.5 Å². The third-order valence-electron chi connectivity index (χ3n) is 6.17. The minimum Gasteiger partial charge on any atom is -0.460 e.